The van der Waals surface area contributed by atoms with Gasteiger partial charge < -0.3 is 10.6 Å². The number of aryl methyl sites for hydroxylation is 2. The molecule has 0 saturated carbocycles. The van der Waals surface area contributed by atoms with E-state index in [4.69, 9.17) is 0 Å². The zero-order valence-electron chi connectivity index (χ0n) is 15.5. The minimum atomic E-state index is 0.594. The average Bonchev–Trinajstić information content (AvgIpc) is 3.06. The third kappa shape index (κ3) is 3.89. The normalized spacial score (nSPS) is 10.9. The predicted octanol–water partition coefficient (Wildman–Crippen LogP) is 4.07. The van der Waals surface area contributed by atoms with Crippen molar-refractivity contribution in [3.63, 3.8) is 0 Å². The van der Waals surface area contributed by atoms with Crippen LogP contribution in [0.4, 0.5) is 17.5 Å². The molecule has 6 heteroatoms. The summed E-state index contributed by atoms with van der Waals surface area (Å²) in [5.41, 5.74) is 4.28. The maximum Gasteiger partial charge on any atom is 0.226 e. The third-order valence-electron chi connectivity index (χ3n) is 4.45. The van der Waals surface area contributed by atoms with Gasteiger partial charge in [-0.1, -0.05) is 48.0 Å². The molecule has 4 aromatic rings. The molecule has 2 aromatic heterocycles. The molecule has 0 aliphatic carbocycles. The second kappa shape index (κ2) is 7.45. The Kier molecular flexibility index (Phi) is 4.70. The van der Waals surface area contributed by atoms with Gasteiger partial charge in [-0.2, -0.15) is 15.1 Å². The van der Waals surface area contributed by atoms with Crippen LogP contribution in [-0.2, 0) is 13.5 Å². The smallest absolute Gasteiger partial charge is 0.226 e. The number of nitrogens with zero attached hydrogens (tertiary/aromatic N) is 4. The van der Waals surface area contributed by atoms with Gasteiger partial charge in [-0.25, -0.2) is 0 Å². The molecule has 0 spiro atoms. The Hall–Kier alpha value is -3.41. The van der Waals surface area contributed by atoms with E-state index in [1.165, 1.54) is 11.1 Å². The molecule has 0 amide bonds. The number of hydrogen-bond donors (Lipinski definition) is 2. The van der Waals surface area contributed by atoms with Gasteiger partial charge in [-0.3, -0.25) is 4.68 Å². The molecule has 2 heterocycles. The molecule has 0 radical (unpaired) electrons. The number of benzene rings is 2. The first-order valence-electron chi connectivity index (χ1n) is 9.00. The summed E-state index contributed by atoms with van der Waals surface area (Å²) in [6.07, 6.45) is 2.70. The molecule has 0 aliphatic heterocycles. The van der Waals surface area contributed by atoms with E-state index in [2.05, 4.69) is 69.0 Å². The number of aromatic nitrogens is 4. The Morgan fingerprint density at radius 2 is 1.74 bits per heavy atom. The first kappa shape index (κ1) is 17.0. The summed E-state index contributed by atoms with van der Waals surface area (Å²) in [7, 11) is 1.89. The summed E-state index contributed by atoms with van der Waals surface area (Å²) in [4.78, 5) is 9.30. The van der Waals surface area contributed by atoms with E-state index in [0.29, 0.717) is 5.95 Å². The summed E-state index contributed by atoms with van der Waals surface area (Å²) in [5.74, 6) is 1.34. The zero-order chi connectivity index (χ0) is 18.6. The van der Waals surface area contributed by atoms with Gasteiger partial charge in [0.15, 0.2) is 5.65 Å². The Balaban J connectivity index is 1.57. The highest BCUT2D eigenvalue weighted by Gasteiger charge is 2.12. The molecule has 0 fully saturated rings. The minimum absolute atomic E-state index is 0.594. The lowest BCUT2D eigenvalue weighted by molar-refractivity contribution is 0.785. The van der Waals surface area contributed by atoms with E-state index < -0.39 is 0 Å². The molecule has 0 atom stereocenters. The second-order valence-electron chi connectivity index (χ2n) is 6.55. The molecule has 2 N–H and O–H groups in total. The van der Waals surface area contributed by atoms with Gasteiger partial charge in [0, 0.05) is 19.3 Å². The summed E-state index contributed by atoms with van der Waals surface area (Å²) in [6.45, 7) is 2.83. The van der Waals surface area contributed by atoms with Crippen LogP contribution in [0.5, 0.6) is 0 Å². The fourth-order valence-electron chi connectivity index (χ4n) is 2.93. The Morgan fingerprint density at radius 1 is 0.963 bits per heavy atom. The predicted molar refractivity (Wildman–Crippen MR) is 109 cm³/mol. The number of nitrogens with one attached hydrogen (secondary N) is 2. The number of rotatable bonds is 6. The first-order chi connectivity index (χ1) is 13.2. The lowest BCUT2D eigenvalue weighted by Crippen LogP contribution is -2.10. The molecule has 0 saturated heterocycles. The van der Waals surface area contributed by atoms with Gasteiger partial charge in [0.2, 0.25) is 5.95 Å². The standard InChI is InChI=1S/C21H22N6/c1-15-8-10-17(11-9-15)24-19-18-14-23-27(2)20(18)26-21(25-19)22-13-12-16-6-4-3-5-7-16/h3-11,14H,12-13H2,1-2H3,(H2,22,24,25,26). The molecule has 0 bridgehead atoms. The lowest BCUT2D eigenvalue weighted by Gasteiger charge is -2.10. The van der Waals surface area contributed by atoms with Crippen LogP contribution in [0.1, 0.15) is 11.1 Å². The highest BCUT2D eigenvalue weighted by Crippen LogP contribution is 2.25. The largest absolute Gasteiger partial charge is 0.354 e. The van der Waals surface area contributed by atoms with Crippen LogP contribution in [0, 0.1) is 6.92 Å². The van der Waals surface area contributed by atoms with E-state index in [9.17, 15) is 0 Å². The minimum Gasteiger partial charge on any atom is -0.354 e. The van der Waals surface area contributed by atoms with Gasteiger partial charge in [0.25, 0.3) is 0 Å². The summed E-state index contributed by atoms with van der Waals surface area (Å²) in [6, 6.07) is 18.6. The van der Waals surface area contributed by atoms with E-state index in [1.54, 1.807) is 10.9 Å². The van der Waals surface area contributed by atoms with Crippen LogP contribution in [0.2, 0.25) is 0 Å². The van der Waals surface area contributed by atoms with Crippen LogP contribution in [0.15, 0.2) is 60.8 Å². The van der Waals surface area contributed by atoms with Crippen LogP contribution >= 0.6 is 0 Å². The highest BCUT2D eigenvalue weighted by molar-refractivity contribution is 5.89. The number of anilines is 3. The van der Waals surface area contributed by atoms with Crippen molar-refractivity contribution in [2.24, 2.45) is 7.05 Å². The topological polar surface area (TPSA) is 67.7 Å². The van der Waals surface area contributed by atoms with E-state index in [-0.39, 0.29) is 0 Å². The van der Waals surface area contributed by atoms with Gasteiger partial charge in [-0.15, -0.1) is 0 Å². The van der Waals surface area contributed by atoms with Crippen molar-refractivity contribution >= 4 is 28.5 Å². The van der Waals surface area contributed by atoms with E-state index in [1.807, 2.05) is 25.2 Å². The van der Waals surface area contributed by atoms with Gasteiger partial charge in [0.1, 0.15) is 5.82 Å². The third-order valence-corrected chi connectivity index (χ3v) is 4.45. The summed E-state index contributed by atoms with van der Waals surface area (Å²) >= 11 is 0. The van der Waals surface area contributed by atoms with Crippen molar-refractivity contribution in [3.8, 4) is 0 Å². The van der Waals surface area contributed by atoms with Gasteiger partial charge in [0.05, 0.1) is 11.6 Å². The molecule has 0 unspecified atom stereocenters. The molecule has 0 aliphatic rings. The number of fused-ring (bicyclic) bond motifs is 1. The molecule has 27 heavy (non-hydrogen) atoms. The van der Waals surface area contributed by atoms with Crippen molar-refractivity contribution in [2.45, 2.75) is 13.3 Å². The Labute approximate surface area is 158 Å². The van der Waals surface area contributed by atoms with E-state index in [0.717, 1.165) is 35.5 Å². The van der Waals surface area contributed by atoms with E-state index >= 15 is 0 Å². The quantitative estimate of drug-likeness (QED) is 0.544. The van der Waals surface area contributed by atoms with Gasteiger partial charge in [-0.05, 0) is 31.0 Å². The molecular weight excluding hydrogens is 336 g/mol. The van der Waals surface area contributed by atoms with Crippen molar-refractivity contribution in [1.82, 2.24) is 19.7 Å². The second-order valence-corrected chi connectivity index (χ2v) is 6.55. The average molecular weight is 358 g/mol. The zero-order valence-corrected chi connectivity index (χ0v) is 15.5. The monoisotopic (exact) mass is 358 g/mol. The number of hydrogen-bond acceptors (Lipinski definition) is 5. The first-order valence-corrected chi connectivity index (χ1v) is 9.00. The molecule has 4 rings (SSSR count). The van der Waals surface area contributed by atoms with Crippen LogP contribution < -0.4 is 10.6 Å². The molecule has 2 aromatic carbocycles. The molecule has 6 nitrogen and oxygen atoms in total. The fraction of sp³-hybridized carbons (Fsp3) is 0.190. The van der Waals surface area contributed by atoms with Crippen LogP contribution in [0.25, 0.3) is 11.0 Å². The van der Waals surface area contributed by atoms with Crippen molar-refractivity contribution in [2.75, 3.05) is 17.2 Å². The maximum atomic E-state index is 4.68. The summed E-state index contributed by atoms with van der Waals surface area (Å²) in [5, 5.41) is 11.9. The Morgan fingerprint density at radius 3 is 2.52 bits per heavy atom. The van der Waals surface area contributed by atoms with Crippen LogP contribution in [0.3, 0.4) is 0 Å². The van der Waals surface area contributed by atoms with Crippen molar-refractivity contribution < 1.29 is 0 Å². The summed E-state index contributed by atoms with van der Waals surface area (Å²) < 4.78 is 1.76. The highest BCUT2D eigenvalue weighted by atomic mass is 15.3. The van der Waals surface area contributed by atoms with Crippen LogP contribution in [-0.4, -0.2) is 26.3 Å². The van der Waals surface area contributed by atoms with Gasteiger partial charge >= 0.3 is 0 Å². The Bertz CT molecular complexity index is 1040. The molecular formula is C21H22N6. The lowest BCUT2D eigenvalue weighted by atomic mass is 10.1. The maximum absolute atomic E-state index is 4.68. The van der Waals surface area contributed by atoms with Crippen molar-refractivity contribution in [1.29, 1.82) is 0 Å². The fourth-order valence-corrected chi connectivity index (χ4v) is 2.93. The van der Waals surface area contributed by atoms with Crippen molar-refractivity contribution in [3.05, 3.63) is 71.9 Å². The SMILES string of the molecule is Cc1ccc(Nc2nc(NCCc3ccccc3)nc3c2cnn3C)cc1. The molecule has 136 valence electrons.